The molecule has 1 atom stereocenters. The first-order valence-corrected chi connectivity index (χ1v) is 5.57. The molecule has 0 saturated carbocycles. The number of nitrogens with zero attached hydrogens (tertiary/aromatic N) is 2. The lowest BCUT2D eigenvalue weighted by Gasteiger charge is -2.06. The van der Waals surface area contributed by atoms with Crippen LogP contribution in [0.15, 0.2) is 18.2 Å². The molecule has 0 aliphatic carbocycles. The van der Waals surface area contributed by atoms with Gasteiger partial charge in [-0.05, 0) is 31.0 Å². The molecule has 0 N–H and O–H groups in total. The number of hydrogen-bond acceptors (Lipinski definition) is 3. The van der Waals surface area contributed by atoms with Gasteiger partial charge in [0.05, 0.1) is 16.0 Å². The lowest BCUT2D eigenvalue weighted by molar-refractivity contribution is -0.116. The molecule has 1 aromatic carbocycles. The van der Waals surface area contributed by atoms with Crippen LogP contribution in [0.1, 0.15) is 23.6 Å². The maximum Gasteiger partial charge on any atom is 0.143 e. The molecule has 80 valence electrons. The van der Waals surface area contributed by atoms with Crippen molar-refractivity contribution in [2.24, 2.45) is 0 Å². The largest absolute Gasteiger partial charge is 0.299 e. The van der Waals surface area contributed by atoms with E-state index in [1.807, 2.05) is 12.1 Å². The molecule has 0 aliphatic heterocycles. The van der Waals surface area contributed by atoms with Crippen LogP contribution in [0.25, 0.3) is 0 Å². The van der Waals surface area contributed by atoms with E-state index in [0.29, 0.717) is 17.5 Å². The van der Waals surface area contributed by atoms with Gasteiger partial charge in [0.1, 0.15) is 17.9 Å². The highest BCUT2D eigenvalue weighted by molar-refractivity contribution is 9.10. The molecule has 16 heavy (non-hydrogen) atoms. The van der Waals surface area contributed by atoms with Gasteiger partial charge in [0, 0.05) is 0 Å². The Hall–Kier alpha value is -1.65. The van der Waals surface area contributed by atoms with Crippen LogP contribution in [0, 0.1) is 22.7 Å². The second-order valence-corrected chi connectivity index (χ2v) is 4.49. The third kappa shape index (κ3) is 2.92. The molecule has 0 radical (unpaired) electrons. The Labute approximate surface area is 102 Å². The smallest absolute Gasteiger partial charge is 0.143 e. The maximum atomic E-state index is 11.1. The number of carbonyl (C=O) groups excluding carboxylic acids is 1. The van der Waals surface area contributed by atoms with Crippen LogP contribution in [0.2, 0.25) is 0 Å². The van der Waals surface area contributed by atoms with Crippen molar-refractivity contribution in [2.45, 2.75) is 18.2 Å². The van der Waals surface area contributed by atoms with Crippen LogP contribution >= 0.6 is 15.9 Å². The van der Waals surface area contributed by atoms with E-state index in [1.165, 1.54) is 6.92 Å². The number of carbonyl (C=O) groups is 1. The summed E-state index contributed by atoms with van der Waals surface area (Å²) in [5.41, 5.74) is 1.58. The second kappa shape index (κ2) is 5.44. The molecule has 0 fully saturated rings. The van der Waals surface area contributed by atoms with Gasteiger partial charge in [0.15, 0.2) is 0 Å². The molecule has 0 bridgehead atoms. The summed E-state index contributed by atoms with van der Waals surface area (Å²) in [6.07, 6.45) is 0.524. The summed E-state index contributed by atoms with van der Waals surface area (Å²) in [7, 11) is 0. The molecule has 1 aromatic rings. The van der Waals surface area contributed by atoms with E-state index >= 15 is 0 Å². The van der Waals surface area contributed by atoms with Gasteiger partial charge in [-0.15, -0.1) is 0 Å². The van der Waals surface area contributed by atoms with E-state index in [4.69, 9.17) is 10.5 Å². The van der Waals surface area contributed by atoms with Crippen LogP contribution < -0.4 is 0 Å². The topological polar surface area (TPSA) is 64.7 Å². The van der Waals surface area contributed by atoms with Gasteiger partial charge in [-0.1, -0.05) is 22.0 Å². The Morgan fingerprint density at radius 2 is 2.00 bits per heavy atom. The van der Waals surface area contributed by atoms with E-state index < -0.39 is 0 Å². The summed E-state index contributed by atoms with van der Waals surface area (Å²) in [5, 5.41) is 17.6. The molecule has 0 heterocycles. The van der Waals surface area contributed by atoms with Crippen LogP contribution in [-0.4, -0.2) is 10.6 Å². The third-order valence-electron chi connectivity index (χ3n) is 2.18. The van der Waals surface area contributed by atoms with Crippen LogP contribution in [0.5, 0.6) is 0 Å². The first kappa shape index (κ1) is 12.4. The van der Waals surface area contributed by atoms with Gasteiger partial charge in [0.25, 0.3) is 0 Å². The fourth-order valence-electron chi connectivity index (χ4n) is 1.26. The van der Waals surface area contributed by atoms with Gasteiger partial charge in [-0.2, -0.15) is 10.5 Å². The minimum Gasteiger partial charge on any atom is -0.299 e. The first-order valence-electron chi connectivity index (χ1n) is 4.66. The molecule has 0 aliphatic rings. The standard InChI is InChI=1S/C12H9BrN2O/c1-8(16)12(13)5-9-2-3-10(6-14)11(4-9)7-15/h2-4,12H,5H2,1H3. The summed E-state index contributed by atoms with van der Waals surface area (Å²) in [4.78, 5) is 10.8. The number of alkyl halides is 1. The maximum absolute atomic E-state index is 11.1. The summed E-state index contributed by atoms with van der Waals surface area (Å²) in [6, 6.07) is 8.93. The number of benzene rings is 1. The van der Waals surface area contributed by atoms with Crippen molar-refractivity contribution in [1.82, 2.24) is 0 Å². The van der Waals surface area contributed by atoms with Crippen molar-refractivity contribution in [3.8, 4) is 12.1 Å². The van der Waals surface area contributed by atoms with Gasteiger partial charge >= 0.3 is 0 Å². The van der Waals surface area contributed by atoms with Gasteiger partial charge in [-0.3, -0.25) is 4.79 Å². The van der Waals surface area contributed by atoms with Crippen molar-refractivity contribution in [2.75, 3.05) is 0 Å². The van der Waals surface area contributed by atoms with Gasteiger partial charge < -0.3 is 0 Å². The van der Waals surface area contributed by atoms with E-state index in [-0.39, 0.29) is 10.6 Å². The third-order valence-corrected chi connectivity index (χ3v) is 3.15. The van der Waals surface area contributed by atoms with Crippen molar-refractivity contribution in [3.63, 3.8) is 0 Å². The van der Waals surface area contributed by atoms with Crippen molar-refractivity contribution < 1.29 is 4.79 Å². The Bertz CT molecular complexity index is 497. The number of ketones is 1. The predicted octanol–water partition coefficient (Wildman–Crippen LogP) is 2.32. The zero-order chi connectivity index (χ0) is 12.1. The molecule has 4 heteroatoms. The highest BCUT2D eigenvalue weighted by atomic mass is 79.9. The number of hydrogen-bond donors (Lipinski definition) is 0. The quantitative estimate of drug-likeness (QED) is 0.796. The van der Waals surface area contributed by atoms with Crippen LogP contribution in [0.4, 0.5) is 0 Å². The average molecular weight is 277 g/mol. The monoisotopic (exact) mass is 276 g/mol. The normalized spacial score (nSPS) is 11.2. The predicted molar refractivity (Wildman–Crippen MR) is 63.0 cm³/mol. The summed E-state index contributed by atoms with van der Waals surface area (Å²) in [5.74, 6) is 0.0443. The lowest BCUT2D eigenvalue weighted by Crippen LogP contribution is -2.12. The van der Waals surface area contributed by atoms with Crippen molar-refractivity contribution in [3.05, 3.63) is 34.9 Å². The minimum absolute atomic E-state index is 0.0443. The van der Waals surface area contributed by atoms with E-state index in [0.717, 1.165) is 5.56 Å². The molecule has 0 amide bonds. The molecule has 0 saturated heterocycles. The molecule has 0 aromatic heterocycles. The van der Waals surface area contributed by atoms with Crippen molar-refractivity contribution >= 4 is 21.7 Å². The first-order chi connectivity index (χ1) is 7.58. The fourth-order valence-corrected chi connectivity index (χ4v) is 1.63. The SMILES string of the molecule is CC(=O)C(Br)Cc1ccc(C#N)c(C#N)c1. The van der Waals surface area contributed by atoms with Gasteiger partial charge in [0.2, 0.25) is 0 Å². The van der Waals surface area contributed by atoms with Crippen LogP contribution in [0.3, 0.4) is 0 Å². The highest BCUT2D eigenvalue weighted by Gasteiger charge is 2.11. The van der Waals surface area contributed by atoms with Crippen LogP contribution in [-0.2, 0) is 11.2 Å². The fraction of sp³-hybridized carbons (Fsp3) is 0.250. The molecular weight excluding hydrogens is 268 g/mol. The number of nitriles is 2. The molecule has 3 nitrogen and oxygen atoms in total. The van der Waals surface area contributed by atoms with Gasteiger partial charge in [-0.25, -0.2) is 0 Å². The van der Waals surface area contributed by atoms with E-state index in [2.05, 4.69) is 15.9 Å². The molecule has 0 spiro atoms. The second-order valence-electron chi connectivity index (χ2n) is 3.39. The average Bonchev–Trinajstić information content (AvgIpc) is 2.28. The number of Topliss-reactive ketones (excluding diaryl/α,β-unsaturated/α-hetero) is 1. The van der Waals surface area contributed by atoms with Crippen molar-refractivity contribution in [1.29, 1.82) is 10.5 Å². The summed E-state index contributed by atoms with van der Waals surface area (Å²) in [6.45, 7) is 1.51. The number of rotatable bonds is 3. The van der Waals surface area contributed by atoms with E-state index in [1.54, 1.807) is 18.2 Å². The molecule has 1 rings (SSSR count). The highest BCUT2D eigenvalue weighted by Crippen LogP contribution is 2.15. The Morgan fingerprint density at radius 3 is 2.50 bits per heavy atom. The van der Waals surface area contributed by atoms with E-state index in [9.17, 15) is 4.79 Å². The summed E-state index contributed by atoms with van der Waals surface area (Å²) >= 11 is 3.26. The Balaban J connectivity index is 2.98. The zero-order valence-corrected chi connectivity index (χ0v) is 10.3. The lowest BCUT2D eigenvalue weighted by atomic mass is 10.0. The Kier molecular flexibility index (Phi) is 4.22. The number of halogens is 1. The molecular formula is C12H9BrN2O. The zero-order valence-electron chi connectivity index (χ0n) is 8.70. The minimum atomic E-state index is -0.244. The Morgan fingerprint density at radius 1 is 1.38 bits per heavy atom. The summed E-state index contributed by atoms with van der Waals surface area (Å²) < 4.78 is 0. The molecule has 1 unspecified atom stereocenters.